The van der Waals surface area contributed by atoms with E-state index >= 15 is 0 Å². The Kier molecular flexibility index (Phi) is 10.2. The number of halogens is 3. The fraction of sp³-hybridized carbons (Fsp3) is 0.188. The second-order valence-corrected chi connectivity index (χ2v) is 11.0. The third-order valence-corrected chi connectivity index (χ3v) is 7.83. The summed E-state index contributed by atoms with van der Waals surface area (Å²) < 4.78 is 5.83. The lowest BCUT2D eigenvalue weighted by Crippen LogP contribution is -2.05. The third-order valence-electron chi connectivity index (χ3n) is 6.49. The lowest BCUT2D eigenvalue weighted by atomic mass is 9.87. The summed E-state index contributed by atoms with van der Waals surface area (Å²) in [4.78, 5) is 23.4. The summed E-state index contributed by atoms with van der Waals surface area (Å²) in [6.45, 7) is 0.283. The molecule has 0 saturated carbocycles. The zero-order valence-electron chi connectivity index (χ0n) is 20.7. The molecule has 0 N–H and O–H groups in total. The first-order valence-electron chi connectivity index (χ1n) is 12.4. The fourth-order valence-corrected chi connectivity index (χ4v) is 5.39. The van der Waals surface area contributed by atoms with Crippen LogP contribution < -0.4 is 4.74 Å². The Labute approximate surface area is 241 Å². The molecule has 0 fully saturated rings. The summed E-state index contributed by atoms with van der Waals surface area (Å²) in [7, 11) is 0. The van der Waals surface area contributed by atoms with Gasteiger partial charge in [0.25, 0.3) is 10.5 Å². The van der Waals surface area contributed by atoms with Gasteiger partial charge in [0, 0.05) is 16.0 Å². The monoisotopic (exact) mass is 608 g/mol. The predicted octanol–water partition coefficient (Wildman–Crippen LogP) is 9.27. The summed E-state index contributed by atoms with van der Waals surface area (Å²) in [5.74, 6) is 0.776. The largest absolute Gasteiger partial charge is 0.489 e. The molecule has 0 amide bonds. The molecule has 3 nitrogen and oxygen atoms in total. The normalized spacial score (nSPS) is 12.5. The van der Waals surface area contributed by atoms with Crippen molar-refractivity contribution in [2.75, 3.05) is 0 Å². The van der Waals surface area contributed by atoms with Gasteiger partial charge in [0.15, 0.2) is 0 Å². The minimum Gasteiger partial charge on any atom is -0.489 e. The molecule has 4 rings (SSSR count). The Morgan fingerprint density at radius 3 is 1.79 bits per heavy atom. The van der Waals surface area contributed by atoms with E-state index in [4.69, 9.17) is 27.9 Å². The van der Waals surface area contributed by atoms with Crippen LogP contribution in [0.3, 0.4) is 0 Å². The van der Waals surface area contributed by atoms with Gasteiger partial charge in [-0.05, 0) is 88.8 Å². The zero-order valence-corrected chi connectivity index (χ0v) is 23.8. The quantitative estimate of drug-likeness (QED) is 0.119. The molecule has 2 atom stereocenters. The van der Waals surface area contributed by atoms with Gasteiger partial charge < -0.3 is 4.74 Å². The zero-order chi connectivity index (χ0) is 26.9. The molecule has 0 spiro atoms. The Morgan fingerprint density at radius 2 is 1.24 bits per heavy atom. The fourth-order valence-electron chi connectivity index (χ4n) is 4.41. The van der Waals surface area contributed by atoms with E-state index in [1.54, 1.807) is 0 Å². The molecule has 38 heavy (non-hydrogen) atoms. The van der Waals surface area contributed by atoms with Crippen molar-refractivity contribution in [1.82, 2.24) is 0 Å². The van der Waals surface area contributed by atoms with E-state index in [2.05, 4.69) is 82.7 Å². The lowest BCUT2D eigenvalue weighted by Gasteiger charge is -2.21. The van der Waals surface area contributed by atoms with Crippen LogP contribution in [0.2, 0.25) is 0 Å². The van der Waals surface area contributed by atoms with Crippen LogP contribution in [0.1, 0.15) is 66.6 Å². The van der Waals surface area contributed by atoms with E-state index in [1.165, 1.54) is 34.9 Å². The van der Waals surface area contributed by atoms with E-state index < -0.39 is 10.5 Å². The molecule has 0 aliphatic heterocycles. The number of alkyl halides is 1. The maximum atomic E-state index is 11.6. The van der Waals surface area contributed by atoms with Crippen molar-refractivity contribution in [3.63, 3.8) is 0 Å². The highest BCUT2D eigenvalue weighted by Gasteiger charge is 2.18. The summed E-state index contributed by atoms with van der Waals surface area (Å²) in [6.07, 6.45) is 3.00. The number of hydrogen-bond donors (Lipinski definition) is 0. The molecule has 0 saturated heterocycles. The number of rotatable bonds is 12. The molecular formula is C32H27BrCl2O3. The van der Waals surface area contributed by atoms with Gasteiger partial charge in [-0.25, -0.2) is 0 Å². The minimum atomic E-state index is -0.678. The minimum absolute atomic E-state index is 0.162. The summed E-state index contributed by atoms with van der Waals surface area (Å²) >= 11 is 15.1. The highest BCUT2D eigenvalue weighted by atomic mass is 79.9. The van der Waals surface area contributed by atoms with Gasteiger partial charge in [-0.15, -0.1) is 0 Å². The van der Waals surface area contributed by atoms with Crippen molar-refractivity contribution in [3.05, 3.63) is 137 Å². The molecule has 6 heteroatoms. The predicted molar refractivity (Wildman–Crippen MR) is 158 cm³/mol. The molecule has 194 valence electrons. The first-order chi connectivity index (χ1) is 18.4. The van der Waals surface area contributed by atoms with Crippen LogP contribution in [0.25, 0.3) is 0 Å². The van der Waals surface area contributed by atoms with Crippen LogP contribution in [-0.4, -0.2) is 10.5 Å². The molecule has 0 radical (unpaired) electrons. The SMILES string of the molecule is O=C(Cl)c1cc(OCc2ccc(CCC(CC(Br)c3ccccc3)c3ccccc3)cc2)cc(C(=O)Cl)c1. The van der Waals surface area contributed by atoms with Gasteiger partial charge in [-0.1, -0.05) is 101 Å². The number of hydrogen-bond acceptors (Lipinski definition) is 3. The molecule has 0 heterocycles. The Balaban J connectivity index is 1.39. The van der Waals surface area contributed by atoms with E-state index in [0.29, 0.717) is 11.7 Å². The van der Waals surface area contributed by atoms with E-state index in [9.17, 15) is 9.59 Å². The van der Waals surface area contributed by atoms with Crippen molar-refractivity contribution < 1.29 is 14.3 Å². The topological polar surface area (TPSA) is 43.4 Å². The van der Waals surface area contributed by atoms with Crippen LogP contribution in [0.5, 0.6) is 5.75 Å². The second kappa shape index (κ2) is 13.7. The molecule has 2 unspecified atom stereocenters. The lowest BCUT2D eigenvalue weighted by molar-refractivity contribution is 0.108. The molecule has 0 aromatic heterocycles. The number of ether oxygens (including phenoxy) is 1. The van der Waals surface area contributed by atoms with E-state index in [1.807, 2.05) is 18.2 Å². The summed E-state index contributed by atoms with van der Waals surface area (Å²) in [5, 5.41) is -1.36. The maximum absolute atomic E-state index is 11.6. The molecule has 4 aromatic carbocycles. The van der Waals surface area contributed by atoms with Crippen LogP contribution in [-0.2, 0) is 13.0 Å². The van der Waals surface area contributed by atoms with Crippen molar-refractivity contribution >= 4 is 49.6 Å². The van der Waals surface area contributed by atoms with Gasteiger partial charge in [-0.3, -0.25) is 9.59 Å². The average Bonchev–Trinajstić information content (AvgIpc) is 2.95. The van der Waals surface area contributed by atoms with Crippen LogP contribution >= 0.6 is 39.1 Å². The van der Waals surface area contributed by atoms with Crippen LogP contribution in [0.4, 0.5) is 0 Å². The van der Waals surface area contributed by atoms with Crippen molar-refractivity contribution in [3.8, 4) is 5.75 Å². The maximum Gasteiger partial charge on any atom is 0.252 e. The molecule has 0 bridgehead atoms. The van der Waals surface area contributed by atoms with Crippen molar-refractivity contribution in [2.24, 2.45) is 0 Å². The smallest absolute Gasteiger partial charge is 0.252 e. The number of benzene rings is 4. The molecule has 0 aliphatic carbocycles. The molecular weight excluding hydrogens is 583 g/mol. The van der Waals surface area contributed by atoms with Gasteiger partial charge in [0.1, 0.15) is 12.4 Å². The standard InChI is InChI=1S/C32H27BrCl2O3/c33-30(25-9-5-2-6-10-25)20-26(24-7-3-1-4-8-24)16-15-22-11-13-23(14-12-22)21-38-29-18-27(31(34)36)17-28(19-29)32(35)37/h1-14,17-19,26,30H,15-16,20-21H2. The summed E-state index contributed by atoms with van der Waals surface area (Å²) in [5.41, 5.74) is 5.19. The Morgan fingerprint density at radius 1 is 0.711 bits per heavy atom. The highest BCUT2D eigenvalue weighted by molar-refractivity contribution is 9.09. The summed E-state index contributed by atoms with van der Waals surface area (Å²) in [6, 6.07) is 33.9. The molecule has 0 aliphatic rings. The van der Waals surface area contributed by atoms with Crippen LogP contribution in [0.15, 0.2) is 103 Å². The van der Waals surface area contributed by atoms with Gasteiger partial charge in [0.05, 0.1) is 0 Å². The Hall–Kier alpha value is -2.92. The first kappa shape index (κ1) is 28.1. The van der Waals surface area contributed by atoms with E-state index in [0.717, 1.165) is 24.8 Å². The number of carbonyl (C=O) groups is 2. The molecule has 4 aromatic rings. The van der Waals surface area contributed by atoms with E-state index in [-0.39, 0.29) is 22.6 Å². The van der Waals surface area contributed by atoms with Gasteiger partial charge in [0.2, 0.25) is 0 Å². The number of carbonyl (C=O) groups excluding carboxylic acids is 2. The van der Waals surface area contributed by atoms with Crippen molar-refractivity contribution in [2.45, 2.75) is 36.6 Å². The van der Waals surface area contributed by atoms with Gasteiger partial charge in [-0.2, -0.15) is 0 Å². The highest BCUT2D eigenvalue weighted by Crippen LogP contribution is 2.36. The van der Waals surface area contributed by atoms with Gasteiger partial charge >= 0.3 is 0 Å². The second-order valence-electron chi connectivity index (χ2n) is 9.16. The number of aryl methyl sites for hydroxylation is 1. The third kappa shape index (κ3) is 8.04. The first-order valence-corrected chi connectivity index (χ1v) is 14.1. The average molecular weight is 610 g/mol. The van der Waals surface area contributed by atoms with Crippen LogP contribution in [0, 0.1) is 0 Å². The Bertz CT molecular complexity index is 1330. The van der Waals surface area contributed by atoms with Crippen molar-refractivity contribution in [1.29, 1.82) is 0 Å².